The second kappa shape index (κ2) is 10.3. The van der Waals surface area contributed by atoms with Crippen LogP contribution in [0.4, 0.5) is 0 Å². The fraction of sp³-hybridized carbons (Fsp3) is 0.194. The van der Waals surface area contributed by atoms with E-state index < -0.39 is 16.0 Å². The van der Waals surface area contributed by atoms with Crippen molar-refractivity contribution < 1.29 is 18.3 Å². The summed E-state index contributed by atoms with van der Waals surface area (Å²) >= 11 is 0. The second-order valence-electron chi connectivity index (χ2n) is 10.1. The maximum Gasteiger partial charge on any atom is 0.336 e. The molecule has 5 aromatic rings. The van der Waals surface area contributed by atoms with Crippen LogP contribution in [0.5, 0.6) is 0 Å². The predicted octanol–water partition coefficient (Wildman–Crippen LogP) is 4.49. The summed E-state index contributed by atoms with van der Waals surface area (Å²) in [5.74, 6) is 5.45. The quantitative estimate of drug-likeness (QED) is 0.279. The first-order chi connectivity index (χ1) is 19.3. The molecule has 0 radical (unpaired) electrons. The molecule has 1 fully saturated rings. The lowest BCUT2D eigenvalue weighted by Crippen LogP contribution is -2.47. The highest BCUT2D eigenvalue weighted by molar-refractivity contribution is 7.88. The number of hydrogen-bond acceptors (Lipinski definition) is 4. The van der Waals surface area contributed by atoms with E-state index in [2.05, 4.69) is 26.7 Å². The van der Waals surface area contributed by atoms with Crippen molar-refractivity contribution in [3.05, 3.63) is 95.3 Å². The van der Waals surface area contributed by atoms with Gasteiger partial charge in [-0.3, -0.25) is 4.90 Å². The van der Waals surface area contributed by atoms with Crippen LogP contribution < -0.4 is 0 Å². The standard InChI is InChI=1S/C31H28N4O4S/c1-40(38,39)35-15-13-34(14-16-35)20-25-19-33-29-17-21(6-10-26(25)29)5-7-23-3-2-4-27(31(36)37)30(23)24-9-8-22-11-12-32-28(22)18-24/h2-4,6,8-12,17-19,32-33H,13-16,20H2,1H3,(H,36,37). The zero-order chi connectivity index (χ0) is 27.9. The Bertz CT molecular complexity index is 1920. The molecule has 1 saturated heterocycles. The summed E-state index contributed by atoms with van der Waals surface area (Å²) in [5, 5.41) is 12.1. The second-order valence-corrected chi connectivity index (χ2v) is 12.1. The number of benzene rings is 3. The zero-order valence-electron chi connectivity index (χ0n) is 21.9. The molecule has 6 rings (SSSR count). The molecule has 0 bridgehead atoms. The van der Waals surface area contributed by atoms with Crippen LogP contribution in [0.15, 0.2) is 73.1 Å². The lowest BCUT2D eigenvalue weighted by atomic mass is 9.93. The van der Waals surface area contributed by atoms with E-state index in [1.165, 1.54) is 10.6 Å². The van der Waals surface area contributed by atoms with Gasteiger partial charge in [0.1, 0.15) is 0 Å². The van der Waals surface area contributed by atoms with Crippen LogP contribution in [-0.2, 0) is 16.6 Å². The summed E-state index contributed by atoms with van der Waals surface area (Å²) in [7, 11) is -3.15. The maximum absolute atomic E-state index is 12.1. The zero-order valence-corrected chi connectivity index (χ0v) is 22.8. The number of rotatable bonds is 5. The van der Waals surface area contributed by atoms with Gasteiger partial charge in [-0.05, 0) is 52.9 Å². The summed E-state index contributed by atoms with van der Waals surface area (Å²) in [6.45, 7) is 3.13. The Morgan fingerprint density at radius 3 is 2.55 bits per heavy atom. The van der Waals surface area contributed by atoms with E-state index in [0.29, 0.717) is 37.3 Å². The summed E-state index contributed by atoms with van der Waals surface area (Å²) in [6, 6.07) is 19.0. The molecule has 0 spiro atoms. The van der Waals surface area contributed by atoms with Gasteiger partial charge in [-0.1, -0.05) is 36.1 Å². The summed E-state index contributed by atoms with van der Waals surface area (Å²) in [6.07, 6.45) is 5.12. The highest BCUT2D eigenvalue weighted by atomic mass is 32.2. The number of sulfonamides is 1. The third-order valence-corrected chi connectivity index (χ3v) is 8.74. The number of nitrogens with zero attached hydrogens (tertiary/aromatic N) is 2. The van der Waals surface area contributed by atoms with Gasteiger partial charge in [0, 0.05) is 78.2 Å². The number of H-pyrrole nitrogens is 2. The Balaban J connectivity index is 1.27. The first-order valence-electron chi connectivity index (χ1n) is 13.0. The van der Waals surface area contributed by atoms with Gasteiger partial charge in [0.05, 0.1) is 11.8 Å². The number of aromatic nitrogens is 2. The van der Waals surface area contributed by atoms with E-state index in [-0.39, 0.29) is 5.56 Å². The van der Waals surface area contributed by atoms with Crippen LogP contribution in [0.25, 0.3) is 32.9 Å². The van der Waals surface area contributed by atoms with E-state index in [0.717, 1.165) is 45.0 Å². The number of carboxylic acid groups (broad SMARTS) is 1. The fourth-order valence-corrected chi connectivity index (χ4v) is 6.17. The molecule has 0 unspecified atom stereocenters. The highest BCUT2D eigenvalue weighted by Crippen LogP contribution is 2.30. The molecule has 3 N–H and O–H groups in total. The molecule has 3 heterocycles. The van der Waals surface area contributed by atoms with E-state index in [1.807, 2.05) is 60.9 Å². The lowest BCUT2D eigenvalue weighted by molar-refractivity contribution is 0.0697. The first kappa shape index (κ1) is 25.9. The number of carboxylic acids is 1. The monoisotopic (exact) mass is 552 g/mol. The molecule has 0 amide bonds. The summed E-state index contributed by atoms with van der Waals surface area (Å²) < 4.78 is 25.1. The summed E-state index contributed by atoms with van der Waals surface area (Å²) in [5.41, 5.74) is 6.10. The number of carbonyl (C=O) groups is 1. The van der Waals surface area contributed by atoms with Crippen molar-refractivity contribution in [3.63, 3.8) is 0 Å². The fourth-order valence-electron chi connectivity index (χ4n) is 5.34. The third-order valence-electron chi connectivity index (χ3n) is 7.44. The number of piperazine rings is 1. The van der Waals surface area contributed by atoms with Crippen molar-refractivity contribution in [2.45, 2.75) is 6.54 Å². The van der Waals surface area contributed by atoms with Crippen LogP contribution in [0.1, 0.15) is 27.0 Å². The normalized spacial score (nSPS) is 14.8. The summed E-state index contributed by atoms with van der Waals surface area (Å²) in [4.78, 5) is 20.9. The largest absolute Gasteiger partial charge is 0.478 e. The maximum atomic E-state index is 12.1. The van der Waals surface area contributed by atoms with Gasteiger partial charge in [-0.2, -0.15) is 4.31 Å². The van der Waals surface area contributed by atoms with Crippen LogP contribution in [0, 0.1) is 11.8 Å². The van der Waals surface area contributed by atoms with E-state index in [9.17, 15) is 18.3 Å². The van der Waals surface area contributed by atoms with Gasteiger partial charge in [-0.25, -0.2) is 13.2 Å². The van der Waals surface area contributed by atoms with E-state index in [1.54, 1.807) is 12.1 Å². The Hall–Kier alpha value is -4.36. The molecule has 1 aliphatic rings. The van der Waals surface area contributed by atoms with Gasteiger partial charge in [-0.15, -0.1) is 0 Å². The molecule has 9 heteroatoms. The van der Waals surface area contributed by atoms with Crippen LogP contribution >= 0.6 is 0 Å². The number of aromatic carboxylic acids is 1. The molecule has 3 aromatic carbocycles. The molecule has 202 valence electrons. The Labute approximate surface area is 232 Å². The Kier molecular flexibility index (Phi) is 6.68. The SMILES string of the molecule is CS(=O)(=O)N1CCN(Cc2c[nH]c3cc(C#Cc4cccc(C(=O)O)c4-c4ccc5cc[nH]c5c4)ccc23)CC1. The van der Waals surface area contributed by atoms with Crippen molar-refractivity contribution >= 4 is 37.8 Å². The predicted molar refractivity (Wildman–Crippen MR) is 157 cm³/mol. The molecule has 40 heavy (non-hydrogen) atoms. The minimum absolute atomic E-state index is 0.208. The minimum atomic E-state index is -3.15. The van der Waals surface area contributed by atoms with Crippen LogP contribution in [0.2, 0.25) is 0 Å². The van der Waals surface area contributed by atoms with E-state index in [4.69, 9.17) is 0 Å². The van der Waals surface area contributed by atoms with E-state index >= 15 is 0 Å². The Morgan fingerprint density at radius 1 is 0.950 bits per heavy atom. The number of fused-ring (bicyclic) bond motifs is 2. The van der Waals surface area contributed by atoms with Crippen molar-refractivity contribution in [2.75, 3.05) is 32.4 Å². The topological polar surface area (TPSA) is 110 Å². The van der Waals surface area contributed by atoms with Gasteiger partial charge in [0.25, 0.3) is 0 Å². The van der Waals surface area contributed by atoms with Gasteiger partial charge < -0.3 is 15.1 Å². The average Bonchev–Trinajstić information content (AvgIpc) is 3.57. The Morgan fingerprint density at radius 2 is 1.77 bits per heavy atom. The van der Waals surface area contributed by atoms with Crippen molar-refractivity contribution in [1.29, 1.82) is 0 Å². The third kappa shape index (κ3) is 5.12. The molecule has 1 aliphatic heterocycles. The highest BCUT2D eigenvalue weighted by Gasteiger charge is 2.23. The number of hydrogen-bond donors (Lipinski definition) is 3. The molecule has 0 atom stereocenters. The molecule has 0 aliphatic carbocycles. The lowest BCUT2D eigenvalue weighted by Gasteiger charge is -2.33. The molecule has 8 nitrogen and oxygen atoms in total. The molecular formula is C31H28N4O4S. The number of nitrogens with one attached hydrogen (secondary N) is 2. The van der Waals surface area contributed by atoms with Crippen molar-refractivity contribution in [3.8, 4) is 23.0 Å². The van der Waals surface area contributed by atoms with Crippen LogP contribution in [-0.4, -0.2) is 71.1 Å². The van der Waals surface area contributed by atoms with Gasteiger partial charge in [0.2, 0.25) is 10.0 Å². The molecule has 2 aromatic heterocycles. The van der Waals surface area contributed by atoms with Crippen LogP contribution in [0.3, 0.4) is 0 Å². The molecular weight excluding hydrogens is 524 g/mol. The molecule has 0 saturated carbocycles. The smallest absolute Gasteiger partial charge is 0.336 e. The van der Waals surface area contributed by atoms with Gasteiger partial charge >= 0.3 is 5.97 Å². The van der Waals surface area contributed by atoms with Crippen molar-refractivity contribution in [2.24, 2.45) is 0 Å². The first-order valence-corrected chi connectivity index (χ1v) is 14.8. The minimum Gasteiger partial charge on any atom is -0.478 e. The van der Waals surface area contributed by atoms with Crippen molar-refractivity contribution in [1.82, 2.24) is 19.2 Å². The average molecular weight is 553 g/mol. The number of aromatic amines is 2. The van der Waals surface area contributed by atoms with Gasteiger partial charge in [0.15, 0.2) is 0 Å².